The summed E-state index contributed by atoms with van der Waals surface area (Å²) in [4.78, 5) is 18.8. The number of rotatable bonds is 13. The van der Waals surface area contributed by atoms with Gasteiger partial charge in [-0.3, -0.25) is 24.8 Å². The summed E-state index contributed by atoms with van der Waals surface area (Å²) in [6.45, 7) is 9.41. The van der Waals surface area contributed by atoms with Crippen LogP contribution in [0.4, 0.5) is 0 Å². The molecule has 0 aliphatic carbocycles. The van der Waals surface area contributed by atoms with Crippen LogP contribution in [0.15, 0.2) is 316 Å². The van der Waals surface area contributed by atoms with E-state index >= 15 is 0 Å². The molecular formula is C73H70B2FeN6+2. The number of hydrogen-bond acceptors (Lipinski definition) is 6. The fraction of sp³-hybridized carbons (Fsp3) is 0.123. The zero-order valence-corrected chi connectivity index (χ0v) is 48.1. The standard InChI is InChI=1S/2C24H20B.C23H27N5.C2H3N.Fe/c2*1-5-13-21(14-6-1)25(22-15-7-2-8-16-22,23-17-9-3-10-18-23)24-19-11-4-12-20-24;1-23(22-10-4-7-13-26-22)18-27(16-20-8-2-5-11-24-20)14-15-28(19-23)17-21-9-3-6-12-25-21;1-2-3;/h2*1-20H;2-13H,14-19H2,1H3;1H3;/q2*-1;;;+4. The van der Waals surface area contributed by atoms with Crippen molar-refractivity contribution in [2.75, 3.05) is 26.2 Å². The Morgan fingerprint density at radius 1 is 0.354 bits per heavy atom. The average molecular weight is 1110 g/mol. The Morgan fingerprint density at radius 3 is 0.780 bits per heavy atom. The molecule has 1 saturated heterocycles. The van der Waals surface area contributed by atoms with Gasteiger partial charge in [-0.2, -0.15) is 49.0 Å². The zero-order valence-electron chi connectivity index (χ0n) is 47.0. The van der Waals surface area contributed by atoms with Crippen molar-refractivity contribution < 1.29 is 17.1 Å². The van der Waals surface area contributed by atoms with Crippen LogP contribution in [0.5, 0.6) is 0 Å². The number of aromatic nitrogens is 3. The maximum absolute atomic E-state index is 7.32. The molecule has 0 unspecified atom stereocenters. The van der Waals surface area contributed by atoms with Gasteiger partial charge < -0.3 is 0 Å². The van der Waals surface area contributed by atoms with Crippen LogP contribution in [0, 0.1) is 11.3 Å². The van der Waals surface area contributed by atoms with Gasteiger partial charge >= 0.3 is 17.1 Å². The second-order valence-corrected chi connectivity index (χ2v) is 21.1. The number of pyridine rings is 3. The average Bonchev–Trinajstić information content (AvgIpc) is 3.67. The van der Waals surface area contributed by atoms with E-state index in [-0.39, 0.29) is 22.5 Å². The molecule has 0 saturated carbocycles. The SMILES string of the molecule is CC#N.CC1(c2ccccn2)CN(Cc2ccccn2)CCN(Cc2ccccn2)C1.[Fe+4].c1ccc([B-](c2ccccc2)(c2ccccc2)c2ccccc2)cc1.c1ccc([B-](c2ccccc2)(c2ccccc2)c2ccccc2)cc1. The van der Waals surface area contributed by atoms with Gasteiger partial charge in [-0.05, 0) is 36.4 Å². The Morgan fingerprint density at radius 2 is 0.573 bits per heavy atom. The summed E-state index contributed by atoms with van der Waals surface area (Å²) in [5.74, 6) is 0. The van der Waals surface area contributed by atoms with Crippen LogP contribution >= 0.6 is 0 Å². The fourth-order valence-corrected chi connectivity index (χ4v) is 12.3. The smallest absolute Gasteiger partial charge is 0.295 e. The van der Waals surface area contributed by atoms with E-state index in [4.69, 9.17) is 10.2 Å². The van der Waals surface area contributed by atoms with Crippen molar-refractivity contribution >= 4 is 56.0 Å². The molecule has 1 fully saturated rings. The van der Waals surface area contributed by atoms with Gasteiger partial charge in [0.1, 0.15) is 12.3 Å². The van der Waals surface area contributed by atoms with Gasteiger partial charge in [0, 0.05) is 75.9 Å². The third kappa shape index (κ3) is 14.4. The molecule has 0 radical (unpaired) electrons. The van der Waals surface area contributed by atoms with Crippen LogP contribution in [-0.4, -0.2) is 63.2 Å². The van der Waals surface area contributed by atoms with Crippen molar-refractivity contribution in [2.24, 2.45) is 0 Å². The van der Waals surface area contributed by atoms with Crippen LogP contribution in [0.2, 0.25) is 0 Å². The van der Waals surface area contributed by atoms with Crippen LogP contribution < -0.4 is 43.7 Å². The van der Waals surface area contributed by atoms with Crippen LogP contribution in [-0.2, 0) is 35.6 Å². The molecule has 1 aliphatic rings. The number of nitriles is 1. The van der Waals surface area contributed by atoms with Crippen molar-refractivity contribution in [3.63, 3.8) is 0 Å². The van der Waals surface area contributed by atoms with E-state index in [1.807, 2.05) is 36.8 Å². The molecule has 9 heteroatoms. The van der Waals surface area contributed by atoms with Crippen LogP contribution in [0.25, 0.3) is 0 Å². The zero-order chi connectivity index (χ0) is 55.8. The molecule has 4 heterocycles. The Balaban J connectivity index is 0.000000156. The first kappa shape index (κ1) is 59.4. The quantitative estimate of drug-likeness (QED) is 0.107. The predicted molar refractivity (Wildman–Crippen MR) is 342 cm³/mol. The van der Waals surface area contributed by atoms with E-state index in [1.54, 1.807) is 6.07 Å². The molecule has 6 nitrogen and oxygen atoms in total. The van der Waals surface area contributed by atoms with Gasteiger partial charge in [0.2, 0.25) is 0 Å². The van der Waals surface area contributed by atoms with Crippen molar-refractivity contribution in [3.05, 3.63) is 333 Å². The largest absolute Gasteiger partial charge is 4.00 e. The molecule has 1 aliphatic heterocycles. The third-order valence-corrected chi connectivity index (χ3v) is 15.8. The molecule has 11 aromatic rings. The van der Waals surface area contributed by atoms with Gasteiger partial charge in [0.05, 0.1) is 17.5 Å². The number of benzene rings is 8. The fourth-order valence-electron chi connectivity index (χ4n) is 12.3. The Labute approximate surface area is 497 Å². The van der Waals surface area contributed by atoms with E-state index in [9.17, 15) is 0 Å². The first-order valence-electron chi connectivity index (χ1n) is 28.2. The minimum absolute atomic E-state index is 0. The van der Waals surface area contributed by atoms with E-state index in [0.29, 0.717) is 0 Å². The summed E-state index contributed by atoms with van der Waals surface area (Å²) in [7, 11) is 0. The first-order valence-corrected chi connectivity index (χ1v) is 28.2. The monoisotopic (exact) mass is 1110 g/mol. The molecule has 12 rings (SSSR count). The molecule has 8 aromatic carbocycles. The summed E-state index contributed by atoms with van der Waals surface area (Å²) < 4.78 is 0. The Bertz CT molecular complexity index is 3020. The number of hydrogen-bond donors (Lipinski definition) is 0. The molecule has 3 aromatic heterocycles. The molecule has 0 bridgehead atoms. The Kier molecular flexibility index (Phi) is 21.9. The molecule has 404 valence electrons. The Hall–Kier alpha value is -8.73. The van der Waals surface area contributed by atoms with E-state index in [0.717, 1.165) is 56.4 Å². The van der Waals surface area contributed by atoms with Gasteiger partial charge in [-0.1, -0.05) is 268 Å². The van der Waals surface area contributed by atoms with E-state index < -0.39 is 12.3 Å². The summed E-state index contributed by atoms with van der Waals surface area (Å²) in [6, 6.07) is 107. The van der Waals surface area contributed by atoms with Gasteiger partial charge in [0.25, 0.3) is 0 Å². The molecule has 0 N–H and O–H groups in total. The van der Waals surface area contributed by atoms with E-state index in [2.05, 4.69) is 306 Å². The summed E-state index contributed by atoms with van der Waals surface area (Å²) >= 11 is 0. The predicted octanol–water partition coefficient (Wildman–Crippen LogP) is 9.80. The summed E-state index contributed by atoms with van der Waals surface area (Å²) in [6.07, 6.45) is 3.22. The van der Waals surface area contributed by atoms with Crippen molar-refractivity contribution in [1.29, 1.82) is 5.26 Å². The topological polar surface area (TPSA) is 68.9 Å². The molecule has 0 spiro atoms. The molecular weight excluding hydrogens is 1040 g/mol. The number of nitrogens with zero attached hydrogens (tertiary/aromatic N) is 6. The van der Waals surface area contributed by atoms with Gasteiger partial charge in [-0.25, -0.2) is 0 Å². The maximum atomic E-state index is 7.32. The molecule has 82 heavy (non-hydrogen) atoms. The van der Waals surface area contributed by atoms with Gasteiger partial charge in [-0.15, -0.1) is 0 Å². The third-order valence-electron chi connectivity index (χ3n) is 15.8. The van der Waals surface area contributed by atoms with Crippen molar-refractivity contribution in [3.8, 4) is 6.07 Å². The van der Waals surface area contributed by atoms with Crippen molar-refractivity contribution in [1.82, 2.24) is 24.8 Å². The first-order chi connectivity index (χ1) is 40.0. The van der Waals surface area contributed by atoms with Gasteiger partial charge in [0.15, 0.2) is 0 Å². The normalized spacial score (nSPS) is 13.0. The van der Waals surface area contributed by atoms with Crippen LogP contribution in [0.3, 0.4) is 0 Å². The maximum Gasteiger partial charge on any atom is 4.00 e. The second-order valence-electron chi connectivity index (χ2n) is 21.1. The minimum atomic E-state index is -1.22. The van der Waals surface area contributed by atoms with Crippen LogP contribution in [0.1, 0.15) is 30.9 Å². The molecule has 0 atom stereocenters. The summed E-state index contributed by atoms with van der Waals surface area (Å²) in [5, 5.41) is 7.32. The summed E-state index contributed by atoms with van der Waals surface area (Å²) in [5.41, 5.74) is 14.0. The van der Waals surface area contributed by atoms with Crippen molar-refractivity contribution in [2.45, 2.75) is 32.4 Å². The molecule has 0 amide bonds. The van der Waals surface area contributed by atoms with E-state index in [1.165, 1.54) is 50.6 Å². The minimum Gasteiger partial charge on any atom is -0.295 e. The second kappa shape index (κ2) is 30.2.